The Morgan fingerprint density at radius 2 is 2.17 bits per heavy atom. The summed E-state index contributed by atoms with van der Waals surface area (Å²) in [5.74, 6) is 0.782. The van der Waals surface area contributed by atoms with Crippen molar-refractivity contribution < 1.29 is 9.50 Å². The zero-order valence-electron chi connectivity index (χ0n) is 11.1. The van der Waals surface area contributed by atoms with Gasteiger partial charge in [-0.25, -0.2) is 4.39 Å². The van der Waals surface area contributed by atoms with Gasteiger partial charge >= 0.3 is 0 Å². The van der Waals surface area contributed by atoms with E-state index in [4.69, 9.17) is 0 Å². The molecule has 0 saturated carbocycles. The van der Waals surface area contributed by atoms with Crippen LogP contribution in [0.4, 0.5) is 10.1 Å². The van der Waals surface area contributed by atoms with Crippen LogP contribution in [0.2, 0.25) is 0 Å². The minimum absolute atomic E-state index is 0.290. The van der Waals surface area contributed by atoms with E-state index in [0.717, 1.165) is 18.0 Å². The number of benzene rings is 1. The summed E-state index contributed by atoms with van der Waals surface area (Å²) >= 11 is 1.96. The Labute approximate surface area is 112 Å². The van der Waals surface area contributed by atoms with E-state index in [-0.39, 0.29) is 5.82 Å². The second-order valence-corrected chi connectivity index (χ2v) is 6.37. The van der Waals surface area contributed by atoms with Gasteiger partial charge in [0.2, 0.25) is 0 Å². The van der Waals surface area contributed by atoms with Crippen molar-refractivity contribution in [2.75, 3.05) is 17.2 Å². The molecule has 4 heteroatoms. The lowest BCUT2D eigenvalue weighted by Crippen LogP contribution is -2.45. The average Bonchev–Trinajstić information content (AvgIpc) is 2.33. The van der Waals surface area contributed by atoms with Gasteiger partial charge in [0.1, 0.15) is 5.82 Å². The van der Waals surface area contributed by atoms with Crippen molar-refractivity contribution in [2.24, 2.45) is 0 Å². The molecule has 2 unspecified atom stereocenters. The summed E-state index contributed by atoms with van der Waals surface area (Å²) in [7, 11) is 0. The topological polar surface area (TPSA) is 23.5 Å². The van der Waals surface area contributed by atoms with Crippen LogP contribution < -0.4 is 4.90 Å². The maximum absolute atomic E-state index is 13.3. The molecule has 0 radical (unpaired) electrons. The van der Waals surface area contributed by atoms with Crippen molar-refractivity contribution in [2.45, 2.75) is 38.2 Å². The molecule has 1 aliphatic rings. The third-order valence-corrected chi connectivity index (χ3v) is 4.97. The zero-order chi connectivity index (χ0) is 13.3. The number of hydrogen-bond donors (Lipinski definition) is 1. The third kappa shape index (κ3) is 2.64. The molecule has 1 aromatic rings. The van der Waals surface area contributed by atoms with Crippen molar-refractivity contribution in [3.63, 3.8) is 0 Å². The molecular weight excluding hydrogens is 249 g/mol. The highest BCUT2D eigenvalue weighted by Gasteiger charge is 2.27. The Balaban J connectivity index is 2.37. The standard InChI is InChI=1S/C14H20FNOS/c1-9-11(3)18-7-6-16(9)14-5-4-12(15)8-13(14)10(2)17/h4-5,8-11,17H,6-7H2,1-3H3/t9?,10-,11?/m0/s1. The van der Waals surface area contributed by atoms with Gasteiger partial charge in [0.25, 0.3) is 0 Å². The van der Waals surface area contributed by atoms with Crippen LogP contribution in [0.3, 0.4) is 0 Å². The molecule has 100 valence electrons. The van der Waals surface area contributed by atoms with Crippen LogP contribution in [0.1, 0.15) is 32.4 Å². The molecule has 1 aromatic carbocycles. The lowest BCUT2D eigenvalue weighted by molar-refractivity contribution is 0.199. The predicted molar refractivity (Wildman–Crippen MR) is 75.8 cm³/mol. The molecule has 0 aromatic heterocycles. The van der Waals surface area contributed by atoms with Gasteiger partial charge in [0, 0.05) is 34.8 Å². The SMILES string of the molecule is CC1SCCN(c2ccc(F)cc2[C@H](C)O)C1C. The Hall–Kier alpha value is -0.740. The number of hydrogen-bond acceptors (Lipinski definition) is 3. The van der Waals surface area contributed by atoms with Crippen molar-refractivity contribution in [1.82, 2.24) is 0 Å². The smallest absolute Gasteiger partial charge is 0.123 e. The van der Waals surface area contributed by atoms with Crippen molar-refractivity contribution in [3.05, 3.63) is 29.6 Å². The lowest BCUT2D eigenvalue weighted by atomic mass is 10.0. The fourth-order valence-corrected chi connectivity index (χ4v) is 3.49. The highest BCUT2D eigenvalue weighted by atomic mass is 32.2. The molecule has 1 N–H and O–H groups in total. The van der Waals surface area contributed by atoms with Gasteiger partial charge in [-0.1, -0.05) is 6.92 Å². The van der Waals surface area contributed by atoms with E-state index < -0.39 is 6.10 Å². The molecule has 0 aliphatic carbocycles. The first-order valence-corrected chi connectivity index (χ1v) is 7.41. The second kappa shape index (κ2) is 5.49. The quantitative estimate of drug-likeness (QED) is 0.892. The molecule has 3 atom stereocenters. The number of nitrogens with zero attached hydrogens (tertiary/aromatic N) is 1. The van der Waals surface area contributed by atoms with E-state index >= 15 is 0 Å². The molecule has 1 fully saturated rings. The number of thioether (sulfide) groups is 1. The van der Waals surface area contributed by atoms with E-state index in [0.29, 0.717) is 16.9 Å². The molecule has 18 heavy (non-hydrogen) atoms. The van der Waals surface area contributed by atoms with Gasteiger partial charge < -0.3 is 10.0 Å². The number of rotatable bonds is 2. The molecule has 0 spiro atoms. The van der Waals surface area contributed by atoms with Gasteiger partial charge in [0.05, 0.1) is 6.10 Å². The average molecular weight is 269 g/mol. The molecule has 2 nitrogen and oxygen atoms in total. The van der Waals surface area contributed by atoms with Crippen LogP contribution in [-0.4, -0.2) is 28.7 Å². The molecule has 1 aliphatic heterocycles. The zero-order valence-corrected chi connectivity index (χ0v) is 11.9. The number of anilines is 1. The number of halogens is 1. The highest BCUT2D eigenvalue weighted by Crippen LogP contribution is 2.33. The summed E-state index contributed by atoms with van der Waals surface area (Å²) in [6.07, 6.45) is -0.646. The van der Waals surface area contributed by atoms with Gasteiger partial charge in [0.15, 0.2) is 0 Å². The Kier molecular flexibility index (Phi) is 4.17. The van der Waals surface area contributed by atoms with Gasteiger partial charge in [-0.05, 0) is 32.0 Å². The fourth-order valence-electron chi connectivity index (χ4n) is 2.39. The summed E-state index contributed by atoms with van der Waals surface area (Å²) in [4.78, 5) is 2.28. The largest absolute Gasteiger partial charge is 0.389 e. The Morgan fingerprint density at radius 3 is 2.83 bits per heavy atom. The van der Waals surface area contributed by atoms with E-state index in [1.54, 1.807) is 13.0 Å². The monoisotopic (exact) mass is 269 g/mol. The van der Waals surface area contributed by atoms with Crippen molar-refractivity contribution in [1.29, 1.82) is 0 Å². The van der Waals surface area contributed by atoms with Gasteiger partial charge in [-0.15, -0.1) is 0 Å². The van der Waals surface area contributed by atoms with Crippen LogP contribution in [0.25, 0.3) is 0 Å². The first-order valence-electron chi connectivity index (χ1n) is 6.36. The summed E-state index contributed by atoms with van der Waals surface area (Å²) < 4.78 is 13.3. The van der Waals surface area contributed by atoms with Crippen molar-refractivity contribution >= 4 is 17.4 Å². The van der Waals surface area contributed by atoms with Gasteiger partial charge in [-0.2, -0.15) is 11.8 Å². The molecule has 0 amide bonds. The van der Waals surface area contributed by atoms with Crippen LogP contribution in [-0.2, 0) is 0 Å². The lowest BCUT2D eigenvalue weighted by Gasteiger charge is -2.40. The molecular formula is C14H20FNOS. The molecule has 0 bridgehead atoms. The van der Waals surface area contributed by atoms with Crippen LogP contribution in [0.5, 0.6) is 0 Å². The maximum Gasteiger partial charge on any atom is 0.123 e. The summed E-state index contributed by atoms with van der Waals surface area (Å²) in [5.41, 5.74) is 1.65. The molecule has 1 heterocycles. The Morgan fingerprint density at radius 1 is 1.44 bits per heavy atom. The maximum atomic E-state index is 13.3. The summed E-state index contributed by atoms with van der Waals surface area (Å²) in [5, 5.41) is 10.4. The minimum atomic E-state index is -0.646. The first-order chi connectivity index (χ1) is 8.50. The minimum Gasteiger partial charge on any atom is -0.389 e. The van der Waals surface area contributed by atoms with E-state index in [9.17, 15) is 9.50 Å². The third-order valence-electron chi connectivity index (χ3n) is 3.63. The van der Waals surface area contributed by atoms with E-state index in [2.05, 4.69) is 18.7 Å². The Bertz CT molecular complexity index is 424. The van der Waals surface area contributed by atoms with E-state index in [1.165, 1.54) is 12.1 Å². The summed E-state index contributed by atoms with van der Waals surface area (Å²) in [6.45, 7) is 7.03. The normalized spacial score (nSPS) is 26.2. The second-order valence-electron chi connectivity index (χ2n) is 4.89. The van der Waals surface area contributed by atoms with E-state index in [1.807, 2.05) is 11.8 Å². The highest BCUT2D eigenvalue weighted by molar-refractivity contribution is 8.00. The summed E-state index contributed by atoms with van der Waals surface area (Å²) in [6, 6.07) is 5.10. The molecule has 1 saturated heterocycles. The van der Waals surface area contributed by atoms with Crippen LogP contribution in [0, 0.1) is 5.82 Å². The number of aliphatic hydroxyl groups is 1. The van der Waals surface area contributed by atoms with Gasteiger partial charge in [-0.3, -0.25) is 0 Å². The predicted octanol–water partition coefficient (Wildman–Crippen LogP) is 3.21. The van der Waals surface area contributed by atoms with Crippen molar-refractivity contribution in [3.8, 4) is 0 Å². The van der Waals surface area contributed by atoms with Crippen LogP contribution in [0.15, 0.2) is 18.2 Å². The number of aliphatic hydroxyl groups excluding tert-OH is 1. The fraction of sp³-hybridized carbons (Fsp3) is 0.571. The first kappa shape index (κ1) is 13.7. The van der Waals surface area contributed by atoms with Crippen LogP contribution >= 0.6 is 11.8 Å². The molecule has 2 rings (SSSR count).